The van der Waals surface area contributed by atoms with E-state index in [2.05, 4.69) is 24.3 Å². The van der Waals surface area contributed by atoms with Gasteiger partial charge in [0.05, 0.1) is 5.60 Å². The van der Waals surface area contributed by atoms with Crippen LogP contribution in [0, 0.1) is 0 Å². The Morgan fingerprint density at radius 1 is 1.15 bits per heavy atom. The summed E-state index contributed by atoms with van der Waals surface area (Å²) in [4.78, 5) is 0. The Morgan fingerprint density at radius 2 is 2.08 bits per heavy atom. The molecule has 0 bridgehead atoms. The SMILES string of the molecule is c1ccc2c(c1)CCC21CCCO1. The summed E-state index contributed by atoms with van der Waals surface area (Å²) in [5.74, 6) is 0. The van der Waals surface area contributed by atoms with Crippen LogP contribution in [0.4, 0.5) is 0 Å². The van der Waals surface area contributed by atoms with E-state index in [-0.39, 0.29) is 5.60 Å². The molecule has 68 valence electrons. The molecule has 13 heavy (non-hydrogen) atoms. The van der Waals surface area contributed by atoms with Gasteiger partial charge >= 0.3 is 0 Å². The van der Waals surface area contributed by atoms with Crippen molar-refractivity contribution >= 4 is 0 Å². The van der Waals surface area contributed by atoms with Crippen molar-refractivity contribution in [3.8, 4) is 0 Å². The van der Waals surface area contributed by atoms with Crippen LogP contribution in [0.1, 0.15) is 30.4 Å². The van der Waals surface area contributed by atoms with Crippen molar-refractivity contribution in [2.24, 2.45) is 0 Å². The molecule has 0 N–H and O–H groups in total. The minimum Gasteiger partial charge on any atom is -0.370 e. The zero-order valence-electron chi connectivity index (χ0n) is 7.75. The zero-order valence-corrected chi connectivity index (χ0v) is 7.75. The molecule has 3 rings (SSSR count). The van der Waals surface area contributed by atoms with E-state index < -0.39 is 0 Å². The molecule has 1 aliphatic heterocycles. The van der Waals surface area contributed by atoms with Crippen LogP contribution in [0.25, 0.3) is 0 Å². The van der Waals surface area contributed by atoms with Crippen LogP contribution in [0.15, 0.2) is 24.3 Å². The lowest BCUT2D eigenvalue weighted by molar-refractivity contribution is 0.00192. The summed E-state index contributed by atoms with van der Waals surface area (Å²) >= 11 is 0. The first kappa shape index (κ1) is 7.57. The van der Waals surface area contributed by atoms with Crippen LogP contribution in [0.3, 0.4) is 0 Å². The molecular weight excluding hydrogens is 160 g/mol. The van der Waals surface area contributed by atoms with Gasteiger partial charge in [0.2, 0.25) is 0 Å². The van der Waals surface area contributed by atoms with Crippen LogP contribution < -0.4 is 0 Å². The minimum atomic E-state index is 0.122. The molecule has 1 heterocycles. The van der Waals surface area contributed by atoms with E-state index in [1.165, 1.54) is 36.8 Å². The molecule has 0 saturated carbocycles. The third-order valence-electron chi connectivity index (χ3n) is 3.41. The van der Waals surface area contributed by atoms with Crippen molar-refractivity contribution in [1.82, 2.24) is 0 Å². The third-order valence-corrected chi connectivity index (χ3v) is 3.41. The molecule has 1 nitrogen and oxygen atoms in total. The topological polar surface area (TPSA) is 9.23 Å². The first-order valence-electron chi connectivity index (χ1n) is 5.13. The van der Waals surface area contributed by atoms with Crippen molar-refractivity contribution in [2.45, 2.75) is 31.3 Å². The number of fused-ring (bicyclic) bond motifs is 2. The Hall–Kier alpha value is -0.820. The second-order valence-corrected chi connectivity index (χ2v) is 4.10. The molecule has 1 atom stereocenters. The van der Waals surface area contributed by atoms with Gasteiger partial charge in [-0.1, -0.05) is 24.3 Å². The molecule has 1 aliphatic carbocycles. The van der Waals surface area contributed by atoms with Crippen LogP contribution in [-0.2, 0) is 16.8 Å². The van der Waals surface area contributed by atoms with Crippen molar-refractivity contribution < 1.29 is 4.74 Å². The van der Waals surface area contributed by atoms with Gasteiger partial charge in [-0.25, -0.2) is 0 Å². The van der Waals surface area contributed by atoms with Gasteiger partial charge in [0.25, 0.3) is 0 Å². The van der Waals surface area contributed by atoms with Gasteiger partial charge in [-0.3, -0.25) is 0 Å². The second-order valence-electron chi connectivity index (χ2n) is 4.10. The van der Waals surface area contributed by atoms with Crippen LogP contribution in [0.2, 0.25) is 0 Å². The second kappa shape index (κ2) is 2.58. The molecule has 1 saturated heterocycles. The Balaban J connectivity index is 2.11. The first-order chi connectivity index (χ1) is 6.41. The fourth-order valence-electron chi connectivity index (χ4n) is 2.76. The first-order valence-corrected chi connectivity index (χ1v) is 5.13. The molecule has 1 spiro atoms. The lowest BCUT2D eigenvalue weighted by atomic mass is 9.93. The van der Waals surface area contributed by atoms with Crippen molar-refractivity contribution in [1.29, 1.82) is 0 Å². The zero-order chi connectivity index (χ0) is 8.73. The Morgan fingerprint density at radius 3 is 2.92 bits per heavy atom. The quantitative estimate of drug-likeness (QED) is 0.587. The summed E-state index contributed by atoms with van der Waals surface area (Å²) < 4.78 is 5.93. The molecule has 0 aromatic heterocycles. The summed E-state index contributed by atoms with van der Waals surface area (Å²) in [5, 5.41) is 0. The van der Waals surface area contributed by atoms with Crippen LogP contribution >= 0.6 is 0 Å². The van der Waals surface area contributed by atoms with Crippen LogP contribution in [-0.4, -0.2) is 6.61 Å². The summed E-state index contributed by atoms with van der Waals surface area (Å²) in [6.07, 6.45) is 4.86. The maximum absolute atomic E-state index is 5.93. The van der Waals surface area contributed by atoms with Gasteiger partial charge < -0.3 is 4.74 Å². The maximum atomic E-state index is 5.93. The summed E-state index contributed by atoms with van der Waals surface area (Å²) in [7, 11) is 0. The van der Waals surface area contributed by atoms with Crippen molar-refractivity contribution in [3.05, 3.63) is 35.4 Å². The molecule has 1 fully saturated rings. The Kier molecular flexibility index (Phi) is 1.50. The lowest BCUT2D eigenvalue weighted by Gasteiger charge is -2.23. The van der Waals surface area contributed by atoms with E-state index in [9.17, 15) is 0 Å². The van der Waals surface area contributed by atoms with Gasteiger partial charge in [-0.05, 0) is 36.8 Å². The van der Waals surface area contributed by atoms with E-state index in [0.717, 1.165) is 6.61 Å². The molecular formula is C12H14O. The molecule has 1 heteroatoms. The summed E-state index contributed by atoms with van der Waals surface area (Å²) in [6.45, 7) is 0.953. The van der Waals surface area contributed by atoms with Gasteiger partial charge in [0.15, 0.2) is 0 Å². The predicted molar refractivity (Wildman–Crippen MR) is 51.6 cm³/mol. The van der Waals surface area contributed by atoms with Gasteiger partial charge in [0.1, 0.15) is 0 Å². The number of benzene rings is 1. The normalized spacial score (nSPS) is 31.1. The smallest absolute Gasteiger partial charge is 0.0938 e. The monoisotopic (exact) mass is 174 g/mol. The molecule has 0 amide bonds. The highest BCUT2D eigenvalue weighted by molar-refractivity contribution is 5.37. The largest absolute Gasteiger partial charge is 0.370 e. The number of rotatable bonds is 0. The molecule has 1 unspecified atom stereocenters. The Bertz CT molecular complexity index is 324. The Labute approximate surface area is 78.7 Å². The highest BCUT2D eigenvalue weighted by atomic mass is 16.5. The standard InChI is InChI=1S/C12H14O/c1-2-5-11-10(4-1)6-8-12(11)7-3-9-13-12/h1-2,4-5H,3,6-9H2. The summed E-state index contributed by atoms with van der Waals surface area (Å²) in [5.41, 5.74) is 3.09. The fraction of sp³-hybridized carbons (Fsp3) is 0.500. The lowest BCUT2D eigenvalue weighted by Crippen LogP contribution is -2.20. The highest BCUT2D eigenvalue weighted by Crippen LogP contribution is 2.46. The third kappa shape index (κ3) is 0.969. The predicted octanol–water partition coefficient (Wildman–Crippen LogP) is 2.64. The minimum absolute atomic E-state index is 0.122. The molecule has 0 radical (unpaired) electrons. The number of ether oxygens (including phenoxy) is 1. The number of aryl methyl sites for hydroxylation is 1. The van der Waals surface area contributed by atoms with E-state index in [1.54, 1.807) is 0 Å². The number of hydrogen-bond donors (Lipinski definition) is 0. The molecule has 1 aromatic carbocycles. The van der Waals surface area contributed by atoms with Gasteiger partial charge in [-0.2, -0.15) is 0 Å². The molecule has 1 aromatic rings. The maximum Gasteiger partial charge on any atom is 0.0938 e. The van der Waals surface area contributed by atoms with E-state index in [0.29, 0.717) is 0 Å². The van der Waals surface area contributed by atoms with E-state index in [4.69, 9.17) is 4.74 Å². The summed E-state index contributed by atoms with van der Waals surface area (Å²) in [6, 6.07) is 8.75. The van der Waals surface area contributed by atoms with Gasteiger partial charge in [-0.15, -0.1) is 0 Å². The van der Waals surface area contributed by atoms with Crippen molar-refractivity contribution in [2.75, 3.05) is 6.61 Å². The van der Waals surface area contributed by atoms with Gasteiger partial charge in [0, 0.05) is 6.61 Å². The highest BCUT2D eigenvalue weighted by Gasteiger charge is 2.41. The average Bonchev–Trinajstić information content (AvgIpc) is 2.78. The van der Waals surface area contributed by atoms with E-state index in [1.807, 2.05) is 0 Å². The fourth-order valence-corrected chi connectivity index (χ4v) is 2.76. The molecule has 2 aliphatic rings. The van der Waals surface area contributed by atoms with Crippen molar-refractivity contribution in [3.63, 3.8) is 0 Å². The number of hydrogen-bond acceptors (Lipinski definition) is 1. The van der Waals surface area contributed by atoms with E-state index >= 15 is 0 Å². The average molecular weight is 174 g/mol. The van der Waals surface area contributed by atoms with Crippen LogP contribution in [0.5, 0.6) is 0 Å².